The summed E-state index contributed by atoms with van der Waals surface area (Å²) in [4.78, 5) is 31.6. The van der Waals surface area contributed by atoms with E-state index in [0.717, 1.165) is 0 Å². The van der Waals surface area contributed by atoms with Crippen LogP contribution in [0.25, 0.3) is 10.2 Å². The van der Waals surface area contributed by atoms with Gasteiger partial charge >= 0.3 is 5.97 Å². The first-order valence-electron chi connectivity index (χ1n) is 7.11. The third-order valence-electron chi connectivity index (χ3n) is 3.15. The molecule has 3 aromatic rings. The zero-order chi connectivity index (χ0) is 17.1. The highest BCUT2D eigenvalue weighted by Crippen LogP contribution is 2.27. The van der Waals surface area contributed by atoms with E-state index < -0.39 is 5.97 Å². The molecule has 0 atom stereocenters. The molecule has 0 saturated carbocycles. The first-order chi connectivity index (χ1) is 11.6. The van der Waals surface area contributed by atoms with Gasteiger partial charge in [-0.15, -0.1) is 0 Å². The first-order valence-corrected chi connectivity index (χ1v) is 7.92. The zero-order valence-electron chi connectivity index (χ0n) is 12.6. The van der Waals surface area contributed by atoms with E-state index in [1.807, 2.05) is 6.92 Å². The number of nitrogens with one attached hydrogen (secondary N) is 1. The molecule has 0 bridgehead atoms. The fourth-order valence-corrected chi connectivity index (χ4v) is 2.96. The number of hydrogen-bond donors (Lipinski definition) is 2. The molecule has 7 nitrogen and oxygen atoms in total. The van der Waals surface area contributed by atoms with Crippen molar-refractivity contribution >= 4 is 38.6 Å². The molecule has 0 aliphatic heterocycles. The number of rotatable bonds is 5. The van der Waals surface area contributed by atoms with E-state index in [1.165, 1.54) is 29.7 Å². The van der Waals surface area contributed by atoms with Crippen LogP contribution in [0.15, 0.2) is 36.5 Å². The fourth-order valence-electron chi connectivity index (χ4n) is 2.06. The number of carbonyl (C=O) groups excluding carboxylic acids is 1. The highest BCUT2D eigenvalue weighted by Gasteiger charge is 2.12. The van der Waals surface area contributed by atoms with Crippen molar-refractivity contribution in [2.75, 3.05) is 11.9 Å². The number of carboxylic acids is 1. The lowest BCUT2D eigenvalue weighted by Gasteiger charge is -2.04. The van der Waals surface area contributed by atoms with Crippen LogP contribution in [0.4, 0.5) is 5.13 Å². The van der Waals surface area contributed by atoms with Gasteiger partial charge in [0.25, 0.3) is 5.91 Å². The number of benzene rings is 1. The first kappa shape index (κ1) is 15.9. The second kappa shape index (κ2) is 6.63. The maximum Gasteiger partial charge on any atom is 0.335 e. The third kappa shape index (κ3) is 3.33. The average Bonchev–Trinajstić information content (AvgIpc) is 2.96. The lowest BCUT2D eigenvalue weighted by Crippen LogP contribution is -2.12. The van der Waals surface area contributed by atoms with Gasteiger partial charge in [-0.1, -0.05) is 11.3 Å². The van der Waals surface area contributed by atoms with Gasteiger partial charge in [-0.2, -0.15) is 0 Å². The van der Waals surface area contributed by atoms with E-state index in [4.69, 9.17) is 9.84 Å². The van der Waals surface area contributed by atoms with Crippen molar-refractivity contribution in [1.29, 1.82) is 0 Å². The van der Waals surface area contributed by atoms with Crippen LogP contribution in [-0.4, -0.2) is 33.6 Å². The van der Waals surface area contributed by atoms with Crippen molar-refractivity contribution in [1.82, 2.24) is 9.97 Å². The molecule has 0 aliphatic carbocycles. The minimum atomic E-state index is -1.00. The summed E-state index contributed by atoms with van der Waals surface area (Å²) in [7, 11) is 0. The molecule has 0 fully saturated rings. The Morgan fingerprint density at radius 3 is 2.83 bits per heavy atom. The van der Waals surface area contributed by atoms with Crippen LogP contribution in [0.3, 0.4) is 0 Å². The smallest absolute Gasteiger partial charge is 0.335 e. The van der Waals surface area contributed by atoms with Gasteiger partial charge in [0.2, 0.25) is 5.88 Å². The van der Waals surface area contributed by atoms with Crippen LogP contribution in [-0.2, 0) is 0 Å². The van der Waals surface area contributed by atoms with Gasteiger partial charge in [0.15, 0.2) is 5.13 Å². The highest BCUT2D eigenvalue weighted by atomic mass is 32.1. The number of aromatic nitrogens is 2. The minimum Gasteiger partial charge on any atom is -0.478 e. The van der Waals surface area contributed by atoms with Crippen LogP contribution < -0.4 is 10.1 Å². The lowest BCUT2D eigenvalue weighted by atomic mass is 10.2. The molecular weight excluding hydrogens is 330 g/mol. The van der Waals surface area contributed by atoms with Crippen LogP contribution in [0, 0.1) is 0 Å². The molecule has 8 heteroatoms. The largest absolute Gasteiger partial charge is 0.478 e. The number of thiazole rings is 1. The Labute approximate surface area is 140 Å². The second-order valence-corrected chi connectivity index (χ2v) is 5.81. The normalized spacial score (nSPS) is 10.5. The van der Waals surface area contributed by atoms with E-state index in [1.54, 1.807) is 18.2 Å². The van der Waals surface area contributed by atoms with Crippen LogP contribution >= 0.6 is 11.3 Å². The molecule has 24 heavy (non-hydrogen) atoms. The van der Waals surface area contributed by atoms with Crippen molar-refractivity contribution in [3.8, 4) is 5.88 Å². The summed E-state index contributed by atoms with van der Waals surface area (Å²) < 4.78 is 5.96. The van der Waals surface area contributed by atoms with E-state index in [2.05, 4.69) is 15.3 Å². The van der Waals surface area contributed by atoms with Crippen molar-refractivity contribution < 1.29 is 19.4 Å². The van der Waals surface area contributed by atoms with Gasteiger partial charge in [0, 0.05) is 17.8 Å². The molecular formula is C16H13N3O4S. The maximum absolute atomic E-state index is 12.3. The van der Waals surface area contributed by atoms with E-state index in [0.29, 0.717) is 33.4 Å². The molecule has 1 aromatic carbocycles. The second-order valence-electron chi connectivity index (χ2n) is 4.78. The molecule has 1 amide bonds. The molecule has 0 saturated heterocycles. The summed E-state index contributed by atoms with van der Waals surface area (Å²) in [5.41, 5.74) is 1.21. The number of anilines is 1. The molecule has 2 heterocycles. The lowest BCUT2D eigenvalue weighted by molar-refractivity contribution is 0.0697. The summed E-state index contributed by atoms with van der Waals surface area (Å²) in [6, 6.07) is 7.75. The average molecular weight is 343 g/mol. The molecule has 0 aliphatic rings. The van der Waals surface area contributed by atoms with Gasteiger partial charge < -0.3 is 9.84 Å². The number of fused-ring (bicyclic) bond motifs is 1. The Balaban J connectivity index is 1.82. The minimum absolute atomic E-state index is 0.180. The number of ether oxygens (including phenoxy) is 1. The summed E-state index contributed by atoms with van der Waals surface area (Å²) in [5, 5.41) is 12.1. The Morgan fingerprint density at radius 2 is 2.08 bits per heavy atom. The highest BCUT2D eigenvalue weighted by molar-refractivity contribution is 7.22. The van der Waals surface area contributed by atoms with Gasteiger partial charge in [-0.3, -0.25) is 10.1 Å². The van der Waals surface area contributed by atoms with E-state index in [-0.39, 0.29) is 11.5 Å². The van der Waals surface area contributed by atoms with E-state index in [9.17, 15) is 9.59 Å². The van der Waals surface area contributed by atoms with E-state index >= 15 is 0 Å². The number of aromatic carboxylic acids is 1. The molecule has 2 aromatic heterocycles. The Morgan fingerprint density at radius 1 is 1.25 bits per heavy atom. The van der Waals surface area contributed by atoms with Gasteiger partial charge in [-0.05, 0) is 31.2 Å². The predicted octanol–water partition coefficient (Wildman–Crippen LogP) is 3.04. The number of carboxylic acid groups (broad SMARTS) is 1. The van der Waals surface area contributed by atoms with Crippen LogP contribution in [0.2, 0.25) is 0 Å². The van der Waals surface area contributed by atoms with Gasteiger partial charge in [0.1, 0.15) is 0 Å². The molecule has 0 spiro atoms. The number of amides is 1. The van der Waals surface area contributed by atoms with Gasteiger partial charge in [0.05, 0.1) is 22.4 Å². The summed E-state index contributed by atoms with van der Waals surface area (Å²) >= 11 is 1.21. The Hall–Kier alpha value is -3.00. The zero-order valence-corrected chi connectivity index (χ0v) is 13.5. The molecule has 2 N–H and O–H groups in total. The van der Waals surface area contributed by atoms with Gasteiger partial charge in [-0.25, -0.2) is 14.8 Å². The van der Waals surface area contributed by atoms with Crippen molar-refractivity contribution in [3.05, 3.63) is 47.7 Å². The number of hydrogen-bond acceptors (Lipinski definition) is 6. The number of pyridine rings is 1. The maximum atomic E-state index is 12.3. The molecule has 3 rings (SSSR count). The molecule has 122 valence electrons. The predicted molar refractivity (Wildman–Crippen MR) is 89.9 cm³/mol. The third-order valence-corrected chi connectivity index (χ3v) is 4.08. The van der Waals surface area contributed by atoms with Crippen molar-refractivity contribution in [3.63, 3.8) is 0 Å². The summed E-state index contributed by atoms with van der Waals surface area (Å²) in [6.45, 7) is 2.29. The fraction of sp³-hybridized carbons (Fsp3) is 0.125. The molecule has 0 unspecified atom stereocenters. The quantitative estimate of drug-likeness (QED) is 0.738. The summed E-state index contributed by atoms with van der Waals surface area (Å²) in [6.07, 6.45) is 1.50. The standard InChI is InChI=1S/C16H13N3O4S/c1-2-23-13-8-9(5-6-17-13)14(20)19-16-18-11-4-3-10(15(21)22)7-12(11)24-16/h3-8H,2H2,1H3,(H,21,22)(H,18,19,20). The SMILES string of the molecule is CCOc1cc(C(=O)Nc2nc3ccc(C(=O)O)cc3s2)ccn1. The number of carbonyl (C=O) groups is 2. The Kier molecular flexibility index (Phi) is 4.39. The topological polar surface area (TPSA) is 101 Å². The van der Waals surface area contributed by atoms with Crippen LogP contribution in [0.1, 0.15) is 27.6 Å². The molecule has 0 radical (unpaired) electrons. The Bertz CT molecular complexity index is 923. The number of nitrogens with zero attached hydrogens (tertiary/aromatic N) is 2. The summed E-state index contributed by atoms with van der Waals surface area (Å²) in [5.74, 6) is -0.965. The van der Waals surface area contributed by atoms with Crippen molar-refractivity contribution in [2.45, 2.75) is 6.92 Å². The monoisotopic (exact) mass is 343 g/mol. The van der Waals surface area contributed by atoms with Crippen molar-refractivity contribution in [2.24, 2.45) is 0 Å². The van der Waals surface area contributed by atoms with Crippen LogP contribution in [0.5, 0.6) is 5.88 Å².